The molecule has 2 unspecified atom stereocenters. The van der Waals surface area contributed by atoms with Crippen molar-refractivity contribution >= 4 is 24.2 Å². The Kier molecular flexibility index (Phi) is 7.35. The van der Waals surface area contributed by atoms with Crippen molar-refractivity contribution in [1.29, 1.82) is 0 Å². The minimum atomic E-state index is -0.547. The second kappa shape index (κ2) is 8.76. The van der Waals surface area contributed by atoms with Gasteiger partial charge in [-0.2, -0.15) is 0 Å². The van der Waals surface area contributed by atoms with Crippen LogP contribution in [0.3, 0.4) is 0 Å². The van der Waals surface area contributed by atoms with E-state index in [-0.39, 0.29) is 42.7 Å². The maximum Gasteiger partial charge on any atom is 0.243 e. The van der Waals surface area contributed by atoms with Crippen LogP contribution in [0.2, 0.25) is 0 Å². The maximum atomic E-state index is 12.3. The summed E-state index contributed by atoms with van der Waals surface area (Å²) in [5.74, 6) is -0.583. The number of halogens is 1. The predicted molar refractivity (Wildman–Crippen MR) is 88.7 cm³/mol. The Bertz CT molecular complexity index is 491. The minimum Gasteiger partial charge on any atom is -0.352 e. The predicted octanol–water partition coefficient (Wildman–Crippen LogP) is 1.01. The molecule has 2 amide bonds. The zero-order chi connectivity index (χ0) is 15.2. The summed E-state index contributed by atoms with van der Waals surface area (Å²) in [5.41, 5.74) is 6.53. The molecule has 6 heteroatoms. The first-order valence-electron chi connectivity index (χ1n) is 7.45. The van der Waals surface area contributed by atoms with Crippen LogP contribution in [0.25, 0.3) is 0 Å². The average molecular weight is 326 g/mol. The van der Waals surface area contributed by atoms with Crippen LogP contribution in [0, 0.1) is 5.92 Å². The van der Waals surface area contributed by atoms with Gasteiger partial charge in [0.15, 0.2) is 0 Å². The van der Waals surface area contributed by atoms with Gasteiger partial charge in [-0.25, -0.2) is 0 Å². The molecule has 1 aliphatic carbocycles. The quantitative estimate of drug-likeness (QED) is 0.699. The van der Waals surface area contributed by atoms with Gasteiger partial charge in [-0.15, -0.1) is 12.4 Å². The number of hydrogen-bond acceptors (Lipinski definition) is 3. The van der Waals surface area contributed by atoms with E-state index in [4.69, 9.17) is 5.73 Å². The summed E-state index contributed by atoms with van der Waals surface area (Å²) < 4.78 is 0. The normalized spacial score (nSPS) is 16.1. The van der Waals surface area contributed by atoms with Crippen molar-refractivity contribution in [3.63, 3.8) is 0 Å². The van der Waals surface area contributed by atoms with Gasteiger partial charge in [0.2, 0.25) is 11.8 Å². The standard InChI is InChI=1S/C16H23N3O2.ClH/c1-11(10-17)15(20)19-14(16(21)18-13-7-8-13)9-12-5-3-2-4-6-12;/h2-6,11,13-14H,7-10,17H2,1H3,(H,18,21)(H,19,20);1H. The van der Waals surface area contributed by atoms with E-state index in [1.54, 1.807) is 6.92 Å². The maximum absolute atomic E-state index is 12.3. The topological polar surface area (TPSA) is 84.2 Å². The summed E-state index contributed by atoms with van der Waals surface area (Å²) in [6, 6.07) is 9.42. The number of nitrogens with two attached hydrogens (primary N) is 1. The Hall–Kier alpha value is -1.59. The lowest BCUT2D eigenvalue weighted by Crippen LogP contribution is -2.50. The van der Waals surface area contributed by atoms with Crippen LogP contribution in [-0.2, 0) is 16.0 Å². The van der Waals surface area contributed by atoms with Crippen LogP contribution in [0.1, 0.15) is 25.3 Å². The molecule has 0 saturated heterocycles. The van der Waals surface area contributed by atoms with E-state index in [1.165, 1.54) is 0 Å². The highest BCUT2D eigenvalue weighted by atomic mass is 35.5. The molecular formula is C16H24ClN3O2. The summed E-state index contributed by atoms with van der Waals surface area (Å²) in [7, 11) is 0. The van der Waals surface area contributed by atoms with Gasteiger partial charge in [0, 0.05) is 24.9 Å². The van der Waals surface area contributed by atoms with Gasteiger partial charge in [-0.05, 0) is 18.4 Å². The molecule has 5 nitrogen and oxygen atoms in total. The molecular weight excluding hydrogens is 302 g/mol. The molecule has 2 atom stereocenters. The Morgan fingerprint density at radius 3 is 2.41 bits per heavy atom. The molecule has 1 fully saturated rings. The Morgan fingerprint density at radius 2 is 1.86 bits per heavy atom. The van der Waals surface area contributed by atoms with Crippen molar-refractivity contribution in [3.8, 4) is 0 Å². The van der Waals surface area contributed by atoms with Crippen LogP contribution in [-0.4, -0.2) is 30.4 Å². The van der Waals surface area contributed by atoms with E-state index < -0.39 is 6.04 Å². The highest BCUT2D eigenvalue weighted by molar-refractivity contribution is 5.89. The highest BCUT2D eigenvalue weighted by Crippen LogP contribution is 2.19. The first-order valence-corrected chi connectivity index (χ1v) is 7.45. The molecule has 22 heavy (non-hydrogen) atoms. The molecule has 1 aliphatic rings. The highest BCUT2D eigenvalue weighted by Gasteiger charge is 2.29. The average Bonchev–Trinajstić information content (AvgIpc) is 3.30. The lowest BCUT2D eigenvalue weighted by Gasteiger charge is -2.20. The smallest absolute Gasteiger partial charge is 0.243 e. The van der Waals surface area contributed by atoms with Crippen LogP contribution < -0.4 is 16.4 Å². The van der Waals surface area contributed by atoms with E-state index in [0.29, 0.717) is 6.42 Å². The van der Waals surface area contributed by atoms with Gasteiger partial charge >= 0.3 is 0 Å². The lowest BCUT2D eigenvalue weighted by molar-refractivity contribution is -0.130. The molecule has 0 spiro atoms. The number of benzene rings is 1. The molecule has 0 radical (unpaired) electrons. The molecule has 1 aromatic rings. The minimum absolute atomic E-state index is 0. The number of nitrogens with one attached hydrogen (secondary N) is 2. The summed E-state index contributed by atoms with van der Waals surface area (Å²) in [4.78, 5) is 24.3. The van der Waals surface area contributed by atoms with Gasteiger partial charge in [-0.1, -0.05) is 37.3 Å². The van der Waals surface area contributed by atoms with Crippen molar-refractivity contribution in [2.45, 2.75) is 38.3 Å². The fourth-order valence-corrected chi connectivity index (χ4v) is 2.01. The molecule has 1 aromatic carbocycles. The largest absolute Gasteiger partial charge is 0.352 e. The van der Waals surface area contributed by atoms with Gasteiger partial charge in [0.05, 0.1) is 0 Å². The summed E-state index contributed by atoms with van der Waals surface area (Å²) in [6.07, 6.45) is 2.54. The molecule has 0 aromatic heterocycles. The molecule has 2 rings (SSSR count). The van der Waals surface area contributed by atoms with E-state index in [0.717, 1.165) is 18.4 Å². The molecule has 4 N–H and O–H groups in total. The third kappa shape index (κ3) is 5.66. The van der Waals surface area contributed by atoms with E-state index in [1.807, 2.05) is 30.3 Å². The first kappa shape index (κ1) is 18.5. The monoisotopic (exact) mass is 325 g/mol. The van der Waals surface area contributed by atoms with Gasteiger partial charge in [0.25, 0.3) is 0 Å². The number of hydrogen-bond donors (Lipinski definition) is 3. The first-order chi connectivity index (χ1) is 10.1. The van der Waals surface area contributed by atoms with Crippen molar-refractivity contribution in [1.82, 2.24) is 10.6 Å². The Morgan fingerprint density at radius 1 is 1.23 bits per heavy atom. The molecule has 122 valence electrons. The molecule has 0 heterocycles. The van der Waals surface area contributed by atoms with Crippen molar-refractivity contribution < 1.29 is 9.59 Å². The molecule has 0 bridgehead atoms. The van der Waals surface area contributed by atoms with Crippen molar-refractivity contribution in [2.75, 3.05) is 6.54 Å². The zero-order valence-corrected chi connectivity index (χ0v) is 13.6. The van der Waals surface area contributed by atoms with Crippen LogP contribution in [0.15, 0.2) is 30.3 Å². The van der Waals surface area contributed by atoms with E-state index in [2.05, 4.69) is 10.6 Å². The van der Waals surface area contributed by atoms with Crippen molar-refractivity contribution in [3.05, 3.63) is 35.9 Å². The fourth-order valence-electron chi connectivity index (χ4n) is 2.01. The van der Waals surface area contributed by atoms with Crippen molar-refractivity contribution in [2.24, 2.45) is 11.7 Å². The summed E-state index contributed by atoms with van der Waals surface area (Å²) in [5, 5.41) is 5.77. The van der Waals surface area contributed by atoms with Crippen LogP contribution >= 0.6 is 12.4 Å². The van der Waals surface area contributed by atoms with Crippen LogP contribution in [0.4, 0.5) is 0 Å². The number of amides is 2. The lowest BCUT2D eigenvalue weighted by atomic mass is 10.0. The number of rotatable bonds is 7. The third-order valence-corrected chi connectivity index (χ3v) is 3.64. The number of carbonyl (C=O) groups is 2. The molecule has 1 saturated carbocycles. The number of carbonyl (C=O) groups excluding carboxylic acids is 2. The van der Waals surface area contributed by atoms with E-state index >= 15 is 0 Å². The summed E-state index contributed by atoms with van der Waals surface area (Å²) >= 11 is 0. The molecule has 0 aliphatic heterocycles. The SMILES string of the molecule is CC(CN)C(=O)NC(Cc1ccccc1)C(=O)NC1CC1.Cl. The second-order valence-corrected chi connectivity index (χ2v) is 5.67. The van der Waals surface area contributed by atoms with Crippen LogP contribution in [0.5, 0.6) is 0 Å². The Labute approximate surface area is 137 Å². The fraction of sp³-hybridized carbons (Fsp3) is 0.500. The zero-order valence-electron chi connectivity index (χ0n) is 12.7. The van der Waals surface area contributed by atoms with Gasteiger partial charge < -0.3 is 16.4 Å². The van der Waals surface area contributed by atoms with Gasteiger partial charge in [-0.3, -0.25) is 9.59 Å². The van der Waals surface area contributed by atoms with E-state index in [9.17, 15) is 9.59 Å². The van der Waals surface area contributed by atoms with Gasteiger partial charge in [0.1, 0.15) is 6.04 Å². The Balaban J connectivity index is 0.00000242. The summed E-state index contributed by atoms with van der Waals surface area (Å²) in [6.45, 7) is 2.03. The third-order valence-electron chi connectivity index (χ3n) is 3.64. The second-order valence-electron chi connectivity index (χ2n) is 5.67.